The van der Waals surface area contributed by atoms with Crippen LogP contribution in [0.25, 0.3) is 11.2 Å². The van der Waals surface area contributed by atoms with Gasteiger partial charge in [-0.2, -0.15) is 0 Å². The molecule has 1 fully saturated rings. The quantitative estimate of drug-likeness (QED) is 0.461. The third kappa shape index (κ3) is 4.22. The number of rotatable bonds is 8. The molecule has 3 aromatic heterocycles. The zero-order chi connectivity index (χ0) is 22.8. The number of fused-ring (bicyclic) bond motifs is 1. The van der Waals surface area contributed by atoms with Gasteiger partial charge in [0.25, 0.3) is 0 Å². The number of aliphatic hydroxyl groups excluding tert-OH is 2. The van der Waals surface area contributed by atoms with Gasteiger partial charge in [-0.3, -0.25) is 4.79 Å². The molecule has 32 heavy (non-hydrogen) atoms. The molecule has 0 radical (unpaired) electrons. The molecule has 0 saturated heterocycles. The van der Waals surface area contributed by atoms with Crippen molar-refractivity contribution in [3.63, 3.8) is 0 Å². The van der Waals surface area contributed by atoms with Crippen LogP contribution in [0.15, 0.2) is 30.0 Å². The number of carbonyl (C=O) groups is 1. The van der Waals surface area contributed by atoms with Gasteiger partial charge in [0.1, 0.15) is 11.6 Å². The fourth-order valence-corrected chi connectivity index (χ4v) is 5.54. The number of thiophene rings is 1. The second kappa shape index (κ2) is 9.74. The van der Waals surface area contributed by atoms with E-state index in [1.165, 1.54) is 0 Å². The summed E-state index contributed by atoms with van der Waals surface area (Å²) in [5.41, 5.74) is 2.28. The highest BCUT2D eigenvalue weighted by Crippen LogP contribution is 2.38. The zero-order valence-corrected chi connectivity index (χ0v) is 19.7. The van der Waals surface area contributed by atoms with Gasteiger partial charge in [-0.15, -0.1) is 11.3 Å². The van der Waals surface area contributed by atoms with Crippen LogP contribution >= 0.6 is 22.9 Å². The Balaban J connectivity index is 1.67. The van der Waals surface area contributed by atoms with Gasteiger partial charge in [-0.25, -0.2) is 9.97 Å². The molecule has 172 valence electrons. The van der Waals surface area contributed by atoms with Crippen LogP contribution in [-0.2, 0) is 11.3 Å². The van der Waals surface area contributed by atoms with Crippen LogP contribution in [0.2, 0.25) is 5.02 Å². The summed E-state index contributed by atoms with van der Waals surface area (Å²) in [5, 5.41) is 26.7. The molecule has 0 unspecified atom stereocenters. The van der Waals surface area contributed by atoms with Crippen LogP contribution in [0.4, 0.5) is 5.69 Å². The highest BCUT2D eigenvalue weighted by molar-refractivity contribution is 7.10. The van der Waals surface area contributed by atoms with Crippen LogP contribution < -0.4 is 10.2 Å². The lowest BCUT2D eigenvalue weighted by atomic mass is 10.0. The standard InChI is InChI=1S/C22H28ClN5O3S/c1-3-8-27(11-17-14(23)6-9-32-17)15-5-7-25-21-18(15)26-12-28(21)16-10-13(19(29)20(16)30)22(31)24-4-2/h5-7,9,12-13,16,19-20,29-30H,3-4,8,10-11H2,1-2H3,(H,24,31)/t13-,16-,19-,20+/m1/s1. The monoisotopic (exact) mass is 477 g/mol. The van der Waals surface area contributed by atoms with Gasteiger partial charge in [0, 0.05) is 24.2 Å². The maximum atomic E-state index is 12.3. The van der Waals surface area contributed by atoms with Crippen molar-refractivity contribution >= 4 is 45.7 Å². The second-order valence-corrected chi connectivity index (χ2v) is 9.46. The van der Waals surface area contributed by atoms with Crippen LogP contribution in [0.3, 0.4) is 0 Å². The summed E-state index contributed by atoms with van der Waals surface area (Å²) >= 11 is 7.96. The minimum Gasteiger partial charge on any atom is -0.390 e. The maximum absolute atomic E-state index is 12.3. The number of anilines is 1. The van der Waals surface area contributed by atoms with E-state index in [1.807, 2.05) is 24.4 Å². The largest absolute Gasteiger partial charge is 0.390 e. The number of nitrogens with one attached hydrogen (secondary N) is 1. The Hall–Kier alpha value is -2.20. The number of nitrogens with zero attached hydrogens (tertiary/aromatic N) is 4. The Morgan fingerprint density at radius 3 is 2.81 bits per heavy atom. The summed E-state index contributed by atoms with van der Waals surface area (Å²) < 4.78 is 1.79. The minimum absolute atomic E-state index is 0.249. The predicted octanol–water partition coefficient (Wildman–Crippen LogP) is 2.98. The molecular weight excluding hydrogens is 450 g/mol. The molecule has 1 amide bonds. The lowest BCUT2D eigenvalue weighted by Crippen LogP contribution is -2.38. The molecule has 3 N–H and O–H groups in total. The normalized spacial score (nSPS) is 23.0. The Morgan fingerprint density at radius 2 is 2.12 bits per heavy atom. The molecule has 1 aliphatic carbocycles. The Morgan fingerprint density at radius 1 is 1.31 bits per heavy atom. The van der Waals surface area contributed by atoms with Gasteiger partial charge >= 0.3 is 0 Å². The Bertz CT molecular complexity index is 1090. The van der Waals surface area contributed by atoms with E-state index in [4.69, 9.17) is 11.6 Å². The van der Waals surface area contributed by atoms with Crippen molar-refractivity contribution in [2.45, 2.75) is 51.5 Å². The summed E-state index contributed by atoms with van der Waals surface area (Å²) in [6.45, 7) is 5.92. The fraction of sp³-hybridized carbons (Fsp3) is 0.500. The number of amides is 1. The number of aromatic nitrogens is 3. The maximum Gasteiger partial charge on any atom is 0.225 e. The first-order valence-electron chi connectivity index (χ1n) is 10.9. The molecule has 3 heterocycles. The topological polar surface area (TPSA) is 104 Å². The summed E-state index contributed by atoms with van der Waals surface area (Å²) in [6.07, 6.45) is 2.42. The predicted molar refractivity (Wildman–Crippen MR) is 126 cm³/mol. The molecule has 0 spiro atoms. The molecule has 4 rings (SSSR count). The van der Waals surface area contributed by atoms with Gasteiger partial charge in [-0.1, -0.05) is 18.5 Å². The zero-order valence-electron chi connectivity index (χ0n) is 18.1. The van der Waals surface area contributed by atoms with Gasteiger partial charge in [0.2, 0.25) is 5.91 Å². The van der Waals surface area contributed by atoms with E-state index in [0.717, 1.165) is 34.1 Å². The summed E-state index contributed by atoms with van der Waals surface area (Å²) in [5.74, 6) is -0.922. The van der Waals surface area contributed by atoms with Crippen LogP contribution in [-0.4, -0.2) is 56.0 Å². The van der Waals surface area contributed by atoms with E-state index in [9.17, 15) is 15.0 Å². The SMILES string of the molecule is CCCN(Cc1sccc1Cl)c1ccnc2c1ncn2[C@@H]1C[C@@H](C(=O)NCC)[C@@H](O)[C@H]1O. The second-order valence-electron chi connectivity index (χ2n) is 8.05. The van der Waals surface area contributed by atoms with E-state index >= 15 is 0 Å². The number of carbonyl (C=O) groups excluding carboxylic acids is 1. The van der Waals surface area contributed by atoms with E-state index in [2.05, 4.69) is 27.1 Å². The molecule has 10 heteroatoms. The lowest BCUT2D eigenvalue weighted by molar-refractivity contribution is -0.128. The third-order valence-corrected chi connectivity index (χ3v) is 7.37. The molecule has 3 aromatic rings. The highest BCUT2D eigenvalue weighted by Gasteiger charge is 2.46. The van der Waals surface area contributed by atoms with Crippen LogP contribution in [0.1, 0.15) is 37.6 Å². The van der Waals surface area contributed by atoms with E-state index < -0.39 is 24.2 Å². The number of aliphatic hydroxyl groups is 2. The molecule has 4 atom stereocenters. The molecule has 0 aromatic carbocycles. The first-order chi connectivity index (χ1) is 15.5. The van der Waals surface area contributed by atoms with Crippen molar-refractivity contribution in [3.05, 3.63) is 39.9 Å². The van der Waals surface area contributed by atoms with Crippen LogP contribution in [0.5, 0.6) is 0 Å². The van der Waals surface area contributed by atoms with Crippen molar-refractivity contribution in [2.24, 2.45) is 5.92 Å². The van der Waals surface area contributed by atoms with Crippen molar-refractivity contribution in [1.82, 2.24) is 19.9 Å². The smallest absolute Gasteiger partial charge is 0.225 e. The van der Waals surface area contributed by atoms with Gasteiger partial charge < -0.3 is 25.0 Å². The Labute approximate surface area is 195 Å². The van der Waals surface area contributed by atoms with Crippen molar-refractivity contribution in [1.29, 1.82) is 0 Å². The lowest BCUT2D eigenvalue weighted by Gasteiger charge is -2.24. The van der Waals surface area contributed by atoms with E-state index in [0.29, 0.717) is 25.2 Å². The fourth-order valence-electron chi connectivity index (χ4n) is 4.43. The molecule has 8 nitrogen and oxygen atoms in total. The minimum atomic E-state index is -1.13. The van der Waals surface area contributed by atoms with Gasteiger partial charge in [0.05, 0.1) is 41.6 Å². The van der Waals surface area contributed by atoms with Crippen molar-refractivity contribution < 1.29 is 15.0 Å². The molecular formula is C22H28ClN5O3S. The molecule has 0 bridgehead atoms. The average Bonchev–Trinajstić information content (AvgIpc) is 3.46. The van der Waals surface area contributed by atoms with E-state index in [1.54, 1.807) is 28.4 Å². The number of pyridine rings is 1. The van der Waals surface area contributed by atoms with Crippen LogP contribution in [0, 0.1) is 5.92 Å². The summed E-state index contributed by atoms with van der Waals surface area (Å²) in [4.78, 5) is 24.8. The van der Waals surface area contributed by atoms with E-state index in [-0.39, 0.29) is 5.91 Å². The summed E-state index contributed by atoms with van der Waals surface area (Å²) in [7, 11) is 0. The molecule has 1 aliphatic rings. The highest BCUT2D eigenvalue weighted by atomic mass is 35.5. The average molecular weight is 478 g/mol. The molecule has 0 aliphatic heterocycles. The number of halogens is 1. The third-order valence-electron chi connectivity index (χ3n) is 6.00. The number of hydrogen-bond donors (Lipinski definition) is 3. The van der Waals surface area contributed by atoms with Gasteiger partial charge in [-0.05, 0) is 37.3 Å². The van der Waals surface area contributed by atoms with Crippen molar-refractivity contribution in [2.75, 3.05) is 18.0 Å². The first-order valence-corrected chi connectivity index (χ1v) is 12.1. The summed E-state index contributed by atoms with van der Waals surface area (Å²) in [6, 6.07) is 3.35. The van der Waals surface area contributed by atoms with Crippen molar-refractivity contribution in [3.8, 4) is 0 Å². The first kappa shape index (κ1) is 23.0. The Kier molecular flexibility index (Phi) is 6.99. The molecule has 1 saturated carbocycles. The number of hydrogen-bond acceptors (Lipinski definition) is 7. The number of imidazole rings is 1. The van der Waals surface area contributed by atoms with Gasteiger partial charge in [0.15, 0.2) is 5.65 Å².